The maximum atomic E-state index is 12.2. The molecule has 0 bridgehead atoms. The molecule has 2 aromatic carbocycles. The average Bonchev–Trinajstić information content (AvgIpc) is 2.96. The molecular weight excluding hydrogens is 314 g/mol. The molecule has 0 aliphatic carbocycles. The molecule has 3 aromatic rings. The number of hydrogen-bond donors (Lipinski definition) is 1. The number of benzene rings is 2. The molecule has 0 saturated carbocycles. The largest absolute Gasteiger partial charge is 0.321 e. The first-order chi connectivity index (χ1) is 10.6. The lowest BCUT2D eigenvalue weighted by Crippen LogP contribution is -2.11. The van der Waals surface area contributed by atoms with Crippen molar-refractivity contribution < 1.29 is 4.79 Å². The van der Waals surface area contributed by atoms with Crippen LogP contribution in [0.15, 0.2) is 60.0 Å². The van der Waals surface area contributed by atoms with Crippen LogP contribution in [0.25, 0.3) is 10.4 Å². The molecule has 0 fully saturated rings. The van der Waals surface area contributed by atoms with Gasteiger partial charge >= 0.3 is 0 Å². The lowest BCUT2D eigenvalue weighted by molar-refractivity contribution is 0.102. The number of aryl methyl sites for hydroxylation is 1. The second-order valence-corrected chi connectivity index (χ2v) is 6.38. The number of amides is 1. The van der Waals surface area contributed by atoms with Gasteiger partial charge in [-0.3, -0.25) is 4.79 Å². The number of carbonyl (C=O) groups excluding carboxylic acids is 1. The van der Waals surface area contributed by atoms with Crippen LogP contribution in [0.5, 0.6) is 0 Å². The summed E-state index contributed by atoms with van der Waals surface area (Å²) in [4.78, 5) is 13.3. The van der Waals surface area contributed by atoms with E-state index in [4.69, 9.17) is 11.6 Å². The predicted molar refractivity (Wildman–Crippen MR) is 93.9 cm³/mol. The van der Waals surface area contributed by atoms with Crippen molar-refractivity contribution in [3.8, 4) is 10.4 Å². The Hall–Kier alpha value is -2.10. The van der Waals surface area contributed by atoms with Crippen molar-refractivity contribution in [2.75, 3.05) is 5.32 Å². The Morgan fingerprint density at radius 1 is 1.09 bits per heavy atom. The maximum Gasteiger partial charge on any atom is 0.255 e. The molecule has 2 nitrogen and oxygen atoms in total. The Kier molecular flexibility index (Phi) is 4.27. The van der Waals surface area contributed by atoms with Gasteiger partial charge in [-0.15, -0.1) is 11.3 Å². The van der Waals surface area contributed by atoms with Crippen molar-refractivity contribution in [2.45, 2.75) is 6.92 Å². The minimum Gasteiger partial charge on any atom is -0.321 e. The molecule has 110 valence electrons. The molecule has 0 aliphatic rings. The molecule has 0 aliphatic heterocycles. The van der Waals surface area contributed by atoms with Crippen molar-refractivity contribution >= 4 is 34.5 Å². The number of rotatable bonds is 3. The number of carbonyl (C=O) groups is 1. The first-order valence-electron chi connectivity index (χ1n) is 6.84. The van der Waals surface area contributed by atoms with Gasteiger partial charge in [-0.1, -0.05) is 41.4 Å². The highest BCUT2D eigenvalue weighted by atomic mass is 35.5. The van der Waals surface area contributed by atoms with Gasteiger partial charge in [-0.05, 0) is 42.8 Å². The smallest absolute Gasteiger partial charge is 0.255 e. The Bertz CT molecular complexity index is 808. The van der Waals surface area contributed by atoms with E-state index in [9.17, 15) is 4.79 Å². The fraction of sp³-hybridized carbons (Fsp3) is 0.0556. The monoisotopic (exact) mass is 327 g/mol. The molecule has 1 heterocycles. The van der Waals surface area contributed by atoms with Gasteiger partial charge in [0.05, 0.1) is 5.69 Å². The summed E-state index contributed by atoms with van der Waals surface area (Å²) in [5, 5.41) is 5.59. The van der Waals surface area contributed by atoms with E-state index < -0.39 is 0 Å². The Morgan fingerprint density at radius 2 is 1.86 bits per heavy atom. The normalized spacial score (nSPS) is 10.5. The van der Waals surface area contributed by atoms with Gasteiger partial charge in [0.1, 0.15) is 0 Å². The molecule has 4 heteroatoms. The van der Waals surface area contributed by atoms with Crippen LogP contribution in [0.2, 0.25) is 5.02 Å². The Labute approximate surface area is 138 Å². The lowest BCUT2D eigenvalue weighted by Gasteiger charge is -2.03. The third kappa shape index (κ3) is 3.38. The highest BCUT2D eigenvalue weighted by Gasteiger charge is 2.08. The van der Waals surface area contributed by atoms with Crippen molar-refractivity contribution in [1.82, 2.24) is 0 Å². The van der Waals surface area contributed by atoms with Gasteiger partial charge in [0.15, 0.2) is 0 Å². The van der Waals surface area contributed by atoms with Crippen LogP contribution < -0.4 is 5.32 Å². The minimum atomic E-state index is -0.0934. The van der Waals surface area contributed by atoms with Crippen molar-refractivity contribution in [1.29, 1.82) is 0 Å². The maximum absolute atomic E-state index is 12.2. The summed E-state index contributed by atoms with van der Waals surface area (Å²) in [6, 6.07) is 17.2. The standard InChI is InChI=1S/C18H14ClNOS/c1-12-3-2-4-14(9-12)18(21)20-16-10-17(22-11-16)13-5-7-15(19)8-6-13/h2-11H,1H3,(H,20,21). The fourth-order valence-electron chi connectivity index (χ4n) is 2.16. The molecule has 0 atom stereocenters. The Morgan fingerprint density at radius 3 is 2.59 bits per heavy atom. The SMILES string of the molecule is Cc1cccc(C(=O)Nc2csc(-c3ccc(Cl)cc3)c2)c1. The van der Waals surface area contributed by atoms with Crippen molar-refractivity contribution in [2.24, 2.45) is 0 Å². The second kappa shape index (κ2) is 6.34. The fourth-order valence-corrected chi connectivity index (χ4v) is 3.13. The van der Waals surface area contributed by atoms with E-state index in [-0.39, 0.29) is 5.91 Å². The zero-order valence-corrected chi connectivity index (χ0v) is 13.5. The molecule has 1 N–H and O–H groups in total. The summed E-state index contributed by atoms with van der Waals surface area (Å²) in [5.74, 6) is -0.0934. The molecule has 1 aromatic heterocycles. The summed E-state index contributed by atoms with van der Waals surface area (Å²) >= 11 is 7.49. The van der Waals surface area contributed by atoms with Crippen LogP contribution in [-0.4, -0.2) is 5.91 Å². The molecule has 0 saturated heterocycles. The van der Waals surface area contributed by atoms with E-state index in [1.807, 2.05) is 66.9 Å². The van der Waals surface area contributed by atoms with Crippen LogP contribution in [0, 0.1) is 6.92 Å². The number of anilines is 1. The summed E-state index contributed by atoms with van der Waals surface area (Å²) in [5.41, 5.74) is 3.63. The molecule has 0 spiro atoms. The van der Waals surface area contributed by atoms with Gasteiger partial charge in [0.25, 0.3) is 5.91 Å². The van der Waals surface area contributed by atoms with E-state index in [1.54, 1.807) is 11.3 Å². The summed E-state index contributed by atoms with van der Waals surface area (Å²) < 4.78 is 0. The zero-order chi connectivity index (χ0) is 15.5. The van der Waals surface area contributed by atoms with Crippen LogP contribution in [0.1, 0.15) is 15.9 Å². The van der Waals surface area contributed by atoms with Crippen molar-refractivity contribution in [3.63, 3.8) is 0 Å². The number of thiophene rings is 1. The summed E-state index contributed by atoms with van der Waals surface area (Å²) in [6.45, 7) is 1.97. The third-order valence-electron chi connectivity index (χ3n) is 3.27. The summed E-state index contributed by atoms with van der Waals surface area (Å²) in [7, 11) is 0. The molecule has 1 amide bonds. The van der Waals surface area contributed by atoms with Crippen molar-refractivity contribution in [3.05, 3.63) is 76.1 Å². The quantitative estimate of drug-likeness (QED) is 0.663. The molecule has 0 radical (unpaired) electrons. The van der Waals surface area contributed by atoms with Crippen LogP contribution in [-0.2, 0) is 0 Å². The number of hydrogen-bond acceptors (Lipinski definition) is 2. The van der Waals surface area contributed by atoms with E-state index in [0.717, 1.165) is 21.7 Å². The van der Waals surface area contributed by atoms with Gasteiger partial charge in [0.2, 0.25) is 0 Å². The summed E-state index contributed by atoms with van der Waals surface area (Å²) in [6.07, 6.45) is 0. The third-order valence-corrected chi connectivity index (χ3v) is 4.50. The minimum absolute atomic E-state index is 0.0934. The first-order valence-corrected chi connectivity index (χ1v) is 8.10. The van der Waals surface area contributed by atoms with Crippen LogP contribution >= 0.6 is 22.9 Å². The molecule has 3 rings (SSSR count). The Balaban J connectivity index is 1.77. The number of nitrogens with one attached hydrogen (secondary N) is 1. The van der Waals surface area contributed by atoms with Gasteiger partial charge < -0.3 is 5.32 Å². The number of halogens is 1. The molecule has 22 heavy (non-hydrogen) atoms. The highest BCUT2D eigenvalue weighted by Crippen LogP contribution is 2.30. The van der Waals surface area contributed by atoms with Crippen LogP contribution in [0.4, 0.5) is 5.69 Å². The van der Waals surface area contributed by atoms with Crippen LogP contribution in [0.3, 0.4) is 0 Å². The van der Waals surface area contributed by atoms with E-state index in [2.05, 4.69) is 5.32 Å². The molecular formula is C18H14ClNOS. The zero-order valence-electron chi connectivity index (χ0n) is 12.0. The topological polar surface area (TPSA) is 29.1 Å². The van der Waals surface area contributed by atoms with E-state index in [1.165, 1.54) is 0 Å². The van der Waals surface area contributed by atoms with E-state index in [0.29, 0.717) is 10.6 Å². The molecule has 0 unspecified atom stereocenters. The highest BCUT2D eigenvalue weighted by molar-refractivity contribution is 7.14. The first kappa shape index (κ1) is 14.8. The van der Waals surface area contributed by atoms with Gasteiger partial charge in [-0.25, -0.2) is 0 Å². The van der Waals surface area contributed by atoms with E-state index >= 15 is 0 Å². The average molecular weight is 328 g/mol. The lowest BCUT2D eigenvalue weighted by atomic mass is 10.1. The second-order valence-electron chi connectivity index (χ2n) is 5.03. The van der Waals surface area contributed by atoms with Gasteiger partial charge in [-0.2, -0.15) is 0 Å². The predicted octanol–water partition coefficient (Wildman–Crippen LogP) is 5.63. The van der Waals surface area contributed by atoms with Gasteiger partial charge in [0, 0.05) is 20.8 Å².